The van der Waals surface area contributed by atoms with Gasteiger partial charge in [-0.1, -0.05) is 75.3 Å². The van der Waals surface area contributed by atoms with Crippen molar-refractivity contribution < 1.29 is 34.2 Å². The van der Waals surface area contributed by atoms with Crippen molar-refractivity contribution in [1.82, 2.24) is 49.9 Å². The monoisotopic (exact) mass is 1280 g/mol. The number of aromatic amines is 1. The van der Waals surface area contributed by atoms with Crippen LogP contribution in [-0.2, 0) is 35.3 Å². The molecular weight excluding hydrogens is 1220 g/mol. The molecule has 4 heterocycles. The first-order valence-electron chi connectivity index (χ1n) is 22.9. The van der Waals surface area contributed by atoms with Crippen LogP contribution in [0.15, 0.2) is 56.2 Å². The van der Waals surface area contributed by atoms with E-state index in [1.54, 1.807) is 37.4 Å². The van der Waals surface area contributed by atoms with Crippen molar-refractivity contribution in [2.45, 2.75) is 156 Å². The predicted octanol–water partition coefficient (Wildman–Crippen LogP) is 7.53. The zero-order chi connectivity index (χ0) is 50.1. The number of halogens is 7. The van der Waals surface area contributed by atoms with Gasteiger partial charge in [0, 0.05) is 97.2 Å². The van der Waals surface area contributed by atoms with Gasteiger partial charge in [-0.25, -0.2) is 15.0 Å². The van der Waals surface area contributed by atoms with Crippen LogP contribution in [0.2, 0.25) is 0 Å². The number of aliphatic hydroxyl groups is 2. The number of alkyl halides is 5. The third-order valence-electron chi connectivity index (χ3n) is 10.8. The summed E-state index contributed by atoms with van der Waals surface area (Å²) in [4.78, 5) is 71.3. The van der Waals surface area contributed by atoms with Gasteiger partial charge in [-0.05, 0) is 108 Å². The highest BCUT2D eigenvalue weighted by Gasteiger charge is 2.52. The molecule has 0 unspecified atom stereocenters. The lowest BCUT2D eigenvalue weighted by molar-refractivity contribution is -0.132. The van der Waals surface area contributed by atoms with E-state index in [4.69, 9.17) is 34.0 Å². The molecule has 5 aliphatic carbocycles. The highest BCUT2D eigenvalue weighted by Crippen LogP contribution is 2.48. The number of aromatic nitrogens is 6. The summed E-state index contributed by atoms with van der Waals surface area (Å²) in [5, 5.41) is 29.2. The second-order valence-corrected chi connectivity index (χ2v) is 21.5. The number of hydrogen-bond donors (Lipinski definition) is 7. The molecule has 0 bridgehead atoms. The van der Waals surface area contributed by atoms with E-state index in [1.165, 1.54) is 0 Å². The van der Waals surface area contributed by atoms with Crippen LogP contribution in [0.4, 0.5) is 0 Å². The molecule has 3 aromatic heterocycles. The Bertz CT molecular complexity index is 1860. The van der Waals surface area contributed by atoms with Crippen LogP contribution in [0.3, 0.4) is 0 Å². The first-order valence-corrected chi connectivity index (χ1v) is 28.1. The second kappa shape index (κ2) is 32.1. The molecule has 25 heteroatoms. The fraction of sp³-hybridized carbons (Fsp3) is 0.682. The molecule has 69 heavy (non-hydrogen) atoms. The number of nitrogens with zero attached hydrogens (tertiary/aromatic N) is 6. The molecule has 0 radical (unpaired) electrons. The minimum Gasteiger partial charge on any atom is -0.376 e. The summed E-state index contributed by atoms with van der Waals surface area (Å²) in [6.45, 7) is 0.914. The van der Waals surface area contributed by atoms with Crippen molar-refractivity contribution >= 4 is 128 Å². The van der Waals surface area contributed by atoms with E-state index in [9.17, 15) is 29.1 Å². The summed E-state index contributed by atoms with van der Waals surface area (Å²) in [7, 11) is 0. The van der Waals surface area contributed by atoms with Crippen LogP contribution >= 0.6 is 99.3 Å². The van der Waals surface area contributed by atoms with Gasteiger partial charge in [-0.2, -0.15) is 0 Å². The van der Waals surface area contributed by atoms with Crippen LogP contribution in [0, 0.1) is 0 Å². The topological polar surface area (TPSA) is 255 Å². The summed E-state index contributed by atoms with van der Waals surface area (Å²) in [6.07, 6.45) is 32.3. The standard InChI is InChI=1S/C10H14BrN3O.C10H13N3O.C7H11BrClNO.C7H12BrNO2.C4H6BrClO.C3H4N2.C3H7NO.ClH/c11-5-1-2-9(15)13-10(3-4-10)14-7-6-12-8-14;14-9-2-1-6-13(9)10(3-4-10)12-7-5-11-8-12;8-5-1-2-6(11)10-7(9)3-4-7;8-5-1-2-6(10)9-7(11)3-4-7;5-3-1-2-4(6)7;1-2-5-3-4-1;4-3(5)1-2-3;/h6-8H,1-5H2,(H,13,15);5,7-8H,1-4,6H2;1-5H2,(H,10,11);11H,1-5H2,(H,9,10);1-3H2;1-3H,(H,4,5);5H,1-2,4H2;1H. The molecule has 390 valence electrons. The van der Waals surface area contributed by atoms with Gasteiger partial charge in [0.25, 0.3) is 0 Å². The Kier molecular flexibility index (Phi) is 29.3. The smallest absolute Gasteiger partial charge is 0.224 e. The average Bonchev–Trinajstić information content (AvgIpc) is 4.31. The van der Waals surface area contributed by atoms with Gasteiger partial charge in [0.05, 0.1) is 19.0 Å². The lowest BCUT2D eigenvalue weighted by Gasteiger charge is -2.28. The Morgan fingerprint density at radius 2 is 1.19 bits per heavy atom. The molecule has 4 amide bonds. The molecule has 1 saturated heterocycles. The van der Waals surface area contributed by atoms with Gasteiger partial charge in [0.1, 0.15) is 27.8 Å². The molecule has 3 aromatic rings. The Labute approximate surface area is 454 Å². The molecule has 8 N–H and O–H groups in total. The van der Waals surface area contributed by atoms with E-state index in [0.717, 1.165) is 118 Å². The van der Waals surface area contributed by atoms with E-state index < -0.39 is 11.4 Å². The van der Waals surface area contributed by atoms with Crippen LogP contribution < -0.4 is 21.7 Å². The number of carbonyl (C=O) groups excluding carboxylic acids is 5. The first-order chi connectivity index (χ1) is 32.4. The van der Waals surface area contributed by atoms with Crippen molar-refractivity contribution in [2.75, 3.05) is 27.9 Å². The Balaban J connectivity index is 0.000000285. The van der Waals surface area contributed by atoms with Crippen LogP contribution in [0.1, 0.15) is 128 Å². The number of nitrogens with one attached hydrogen (secondary N) is 4. The summed E-state index contributed by atoms with van der Waals surface area (Å²) in [5.74, 6) is 0.443. The molecule has 6 fully saturated rings. The maximum Gasteiger partial charge on any atom is 0.224 e. The van der Waals surface area contributed by atoms with E-state index in [2.05, 4.69) is 104 Å². The quantitative estimate of drug-likeness (QED) is 0.0284. The zero-order valence-corrected chi connectivity index (χ0v) is 47.4. The van der Waals surface area contributed by atoms with Crippen molar-refractivity contribution in [3.63, 3.8) is 0 Å². The normalized spacial score (nSPS) is 18.6. The van der Waals surface area contributed by atoms with Crippen LogP contribution in [-0.4, -0.2) is 117 Å². The zero-order valence-electron chi connectivity index (χ0n) is 38.7. The third kappa shape index (κ3) is 26.4. The maximum absolute atomic E-state index is 11.6. The fourth-order valence-corrected chi connectivity index (χ4v) is 7.57. The molecular formula is C44H68Br4Cl3N11O7. The number of amides is 4. The van der Waals surface area contributed by atoms with Crippen molar-refractivity contribution in [2.24, 2.45) is 5.73 Å². The number of hydrogen-bond acceptors (Lipinski definition) is 11. The Morgan fingerprint density at radius 3 is 1.51 bits per heavy atom. The number of likely N-dealkylation sites (tertiary alicyclic amines) is 1. The number of nitrogens with two attached hydrogens (primary N) is 1. The van der Waals surface area contributed by atoms with Crippen LogP contribution in [0.25, 0.3) is 0 Å². The Hall–Kier alpha value is -2.15. The summed E-state index contributed by atoms with van der Waals surface area (Å²) < 4.78 is 4.06. The molecule has 0 aromatic carbocycles. The van der Waals surface area contributed by atoms with Gasteiger partial charge in [0.15, 0.2) is 0 Å². The van der Waals surface area contributed by atoms with Gasteiger partial charge in [-0.3, -0.25) is 24.0 Å². The van der Waals surface area contributed by atoms with Crippen molar-refractivity contribution in [3.8, 4) is 0 Å². The highest BCUT2D eigenvalue weighted by atomic mass is 79.9. The van der Waals surface area contributed by atoms with Crippen molar-refractivity contribution in [3.05, 3.63) is 56.2 Å². The number of imidazole rings is 3. The first kappa shape index (κ1) is 63.0. The lowest BCUT2D eigenvalue weighted by atomic mass is 10.3. The Morgan fingerprint density at radius 1 is 0.696 bits per heavy atom. The summed E-state index contributed by atoms with van der Waals surface area (Å²) in [5.41, 5.74) is 3.22. The van der Waals surface area contributed by atoms with Gasteiger partial charge >= 0.3 is 0 Å². The molecule has 18 nitrogen and oxygen atoms in total. The average molecular weight is 1290 g/mol. The minimum atomic E-state index is -0.844. The molecule has 0 atom stereocenters. The number of H-pyrrole nitrogens is 1. The fourth-order valence-electron chi connectivity index (χ4n) is 6.12. The van der Waals surface area contributed by atoms with Crippen LogP contribution in [0.5, 0.6) is 0 Å². The third-order valence-corrected chi connectivity index (χ3v) is 13.7. The minimum absolute atomic E-state index is 0. The molecule has 6 aliphatic rings. The number of rotatable bonds is 18. The van der Waals surface area contributed by atoms with E-state index >= 15 is 0 Å². The second-order valence-electron chi connectivity index (χ2n) is 17.1. The van der Waals surface area contributed by atoms with Gasteiger partial charge in [0.2, 0.25) is 28.9 Å². The lowest BCUT2D eigenvalue weighted by Crippen LogP contribution is -2.40. The largest absolute Gasteiger partial charge is 0.376 e. The molecule has 9 rings (SSSR count). The summed E-state index contributed by atoms with van der Waals surface area (Å²) >= 11 is 23.8. The summed E-state index contributed by atoms with van der Waals surface area (Å²) in [6, 6.07) is 0. The molecule has 5 saturated carbocycles. The van der Waals surface area contributed by atoms with E-state index in [0.29, 0.717) is 44.4 Å². The maximum atomic E-state index is 11.6. The van der Waals surface area contributed by atoms with E-state index in [-0.39, 0.29) is 51.7 Å². The molecule has 0 spiro atoms. The van der Waals surface area contributed by atoms with E-state index in [1.807, 2.05) is 28.2 Å². The highest BCUT2D eigenvalue weighted by molar-refractivity contribution is 9.09. The molecule has 1 aliphatic heterocycles. The SMILES string of the molecule is Cl.NC1(O)CC1.O=C(CCCBr)NC1(Cl)CC1.O=C(CCCBr)NC1(O)CC1.O=C(CCCBr)NC1(n2ccnc2)CC1.O=C(Cl)CCCBr.O=C1CCCN1C1(n2ccnc2)CC1.c1c[nH]cn1. The van der Waals surface area contributed by atoms with Gasteiger partial charge in [-0.15, -0.1) is 12.4 Å². The van der Waals surface area contributed by atoms with Gasteiger partial charge < -0.3 is 50.9 Å². The number of carbonyl (C=O) groups is 5. The predicted molar refractivity (Wildman–Crippen MR) is 283 cm³/mol. The van der Waals surface area contributed by atoms with Crippen molar-refractivity contribution in [1.29, 1.82) is 0 Å².